The molecule has 1 aliphatic heterocycles. The maximum absolute atomic E-state index is 6.87. The lowest BCUT2D eigenvalue weighted by Crippen LogP contribution is -2.33. The zero-order valence-corrected chi connectivity index (χ0v) is 15.8. The molecule has 1 atom stereocenters. The van der Waals surface area contributed by atoms with E-state index in [0.29, 0.717) is 6.04 Å². The molecule has 0 unspecified atom stereocenters. The largest absolute Gasteiger partial charge is 0.326 e. The molecule has 2 nitrogen and oxygen atoms in total. The molecule has 0 aliphatic carbocycles. The Balaban J connectivity index is 2.06. The van der Waals surface area contributed by atoms with Crippen molar-refractivity contribution < 1.29 is 4.18 Å². The molecule has 2 aromatic carbocycles. The van der Waals surface area contributed by atoms with Crippen LogP contribution in [0.5, 0.6) is 0 Å². The summed E-state index contributed by atoms with van der Waals surface area (Å²) in [5, 5.41) is 3.57. The summed E-state index contributed by atoms with van der Waals surface area (Å²) in [6, 6.07) is 22.1. The van der Waals surface area contributed by atoms with Gasteiger partial charge in [-0.3, -0.25) is 0 Å². The molecule has 1 fully saturated rings. The van der Waals surface area contributed by atoms with E-state index in [1.54, 1.807) is 0 Å². The highest BCUT2D eigenvalue weighted by atomic mass is 32.3. The van der Waals surface area contributed by atoms with Crippen LogP contribution in [0.2, 0.25) is 0 Å². The van der Waals surface area contributed by atoms with Gasteiger partial charge in [-0.25, -0.2) is 0 Å². The Morgan fingerprint density at radius 1 is 0.958 bits per heavy atom. The molecule has 1 saturated heterocycles. The minimum atomic E-state index is -1.60. The van der Waals surface area contributed by atoms with E-state index in [0.717, 1.165) is 13.2 Å². The molecule has 130 valence electrons. The molecule has 0 amide bonds. The Kier molecular flexibility index (Phi) is 5.33. The Hall–Kier alpha value is -1.29. The van der Waals surface area contributed by atoms with Crippen molar-refractivity contribution in [2.75, 3.05) is 13.2 Å². The standard InChI is InChI=1S/C21H29NOS/c1-21(2,3)24(19-12-6-4-7-13-19,20-14-8-5-9-15-20)23-17-18-11-10-16-22-18/h4-9,12-15,18,22H,10-11,16-17H2,1-3H3/t18-/m0/s1. The van der Waals surface area contributed by atoms with Gasteiger partial charge in [-0.05, 0) is 64.4 Å². The van der Waals surface area contributed by atoms with Crippen LogP contribution >= 0.6 is 10.3 Å². The van der Waals surface area contributed by atoms with Gasteiger partial charge in [0, 0.05) is 20.6 Å². The van der Waals surface area contributed by atoms with E-state index in [-0.39, 0.29) is 4.75 Å². The smallest absolute Gasteiger partial charge is 0.0754 e. The zero-order chi connectivity index (χ0) is 17.0. The Bertz CT molecular complexity index is 590. The first kappa shape index (κ1) is 17.5. The summed E-state index contributed by atoms with van der Waals surface area (Å²) in [6.45, 7) is 8.82. The minimum Gasteiger partial charge on any atom is -0.326 e. The molecule has 1 N–H and O–H groups in total. The van der Waals surface area contributed by atoms with Crippen molar-refractivity contribution in [3.8, 4) is 0 Å². The lowest BCUT2D eigenvalue weighted by Gasteiger charge is -2.50. The van der Waals surface area contributed by atoms with Gasteiger partial charge in [0.1, 0.15) is 0 Å². The first-order chi connectivity index (χ1) is 11.5. The fraction of sp³-hybridized carbons (Fsp3) is 0.429. The van der Waals surface area contributed by atoms with Crippen LogP contribution < -0.4 is 5.32 Å². The third-order valence-electron chi connectivity index (χ3n) is 4.62. The lowest BCUT2D eigenvalue weighted by molar-refractivity contribution is 0.298. The number of hydrogen-bond donors (Lipinski definition) is 1. The van der Waals surface area contributed by atoms with E-state index in [9.17, 15) is 0 Å². The highest BCUT2D eigenvalue weighted by Gasteiger charge is 2.41. The van der Waals surface area contributed by atoms with Crippen LogP contribution in [-0.4, -0.2) is 23.9 Å². The van der Waals surface area contributed by atoms with Crippen molar-refractivity contribution in [3.63, 3.8) is 0 Å². The van der Waals surface area contributed by atoms with Crippen LogP contribution in [0.3, 0.4) is 0 Å². The Morgan fingerprint density at radius 2 is 1.50 bits per heavy atom. The van der Waals surface area contributed by atoms with E-state index in [1.807, 2.05) is 0 Å². The van der Waals surface area contributed by atoms with Gasteiger partial charge >= 0.3 is 0 Å². The Morgan fingerprint density at radius 3 is 1.92 bits per heavy atom. The molecule has 2 aromatic rings. The van der Waals surface area contributed by atoms with E-state index in [1.165, 1.54) is 22.6 Å². The second-order valence-corrected chi connectivity index (χ2v) is 10.9. The highest BCUT2D eigenvalue weighted by Crippen LogP contribution is 2.71. The van der Waals surface area contributed by atoms with E-state index >= 15 is 0 Å². The van der Waals surface area contributed by atoms with Gasteiger partial charge in [0.05, 0.1) is 6.61 Å². The predicted molar refractivity (Wildman–Crippen MR) is 104 cm³/mol. The molecule has 1 aliphatic rings. The van der Waals surface area contributed by atoms with Crippen LogP contribution in [-0.2, 0) is 4.18 Å². The molecule has 0 radical (unpaired) electrons. The van der Waals surface area contributed by atoms with Gasteiger partial charge in [0.15, 0.2) is 0 Å². The Labute approximate surface area is 148 Å². The third-order valence-corrected chi connectivity index (χ3v) is 8.71. The van der Waals surface area contributed by atoms with Crippen LogP contribution in [0.15, 0.2) is 70.5 Å². The number of hydrogen-bond acceptors (Lipinski definition) is 2. The van der Waals surface area contributed by atoms with Gasteiger partial charge in [-0.15, -0.1) is 0 Å². The molecule has 1 heterocycles. The molecule has 3 rings (SSSR count). The van der Waals surface area contributed by atoms with E-state index in [4.69, 9.17) is 4.18 Å². The van der Waals surface area contributed by atoms with Crippen LogP contribution in [0, 0.1) is 0 Å². The number of nitrogens with one attached hydrogen (secondary N) is 1. The summed E-state index contributed by atoms with van der Waals surface area (Å²) in [4.78, 5) is 2.61. The van der Waals surface area contributed by atoms with Crippen molar-refractivity contribution in [2.24, 2.45) is 0 Å². The fourth-order valence-corrected chi connectivity index (χ4v) is 7.22. The summed E-state index contributed by atoms with van der Waals surface area (Å²) in [5.41, 5.74) is 0. The number of rotatable bonds is 5. The highest BCUT2D eigenvalue weighted by molar-refractivity contribution is 8.31. The normalized spacial score (nSPS) is 19.4. The fourth-order valence-electron chi connectivity index (χ4n) is 3.46. The van der Waals surface area contributed by atoms with Gasteiger partial charge in [0.25, 0.3) is 0 Å². The molecule has 0 aromatic heterocycles. The quantitative estimate of drug-likeness (QED) is 0.786. The van der Waals surface area contributed by atoms with Crippen LogP contribution in [0.1, 0.15) is 33.6 Å². The topological polar surface area (TPSA) is 21.3 Å². The zero-order valence-electron chi connectivity index (χ0n) is 15.0. The van der Waals surface area contributed by atoms with Crippen molar-refractivity contribution in [2.45, 2.75) is 54.2 Å². The average molecular weight is 344 g/mol. The summed E-state index contributed by atoms with van der Waals surface area (Å²) in [7, 11) is -1.60. The summed E-state index contributed by atoms with van der Waals surface area (Å²) in [5.74, 6) is 0. The first-order valence-electron chi connectivity index (χ1n) is 8.85. The van der Waals surface area contributed by atoms with Crippen molar-refractivity contribution in [1.82, 2.24) is 5.32 Å². The maximum atomic E-state index is 6.87. The second-order valence-electron chi connectivity index (χ2n) is 7.37. The summed E-state index contributed by atoms with van der Waals surface area (Å²) in [6.07, 6.45) is 2.46. The molecule has 3 heteroatoms. The summed E-state index contributed by atoms with van der Waals surface area (Å²) < 4.78 is 6.88. The van der Waals surface area contributed by atoms with Crippen molar-refractivity contribution in [1.29, 1.82) is 0 Å². The second kappa shape index (κ2) is 7.30. The lowest BCUT2D eigenvalue weighted by atomic mass is 10.2. The molecule has 0 bridgehead atoms. The first-order valence-corrected chi connectivity index (χ1v) is 10.4. The molecular weight excluding hydrogens is 314 g/mol. The SMILES string of the molecule is CC(C)(C)S(OC[C@@H]1CCCN1)(c1ccccc1)c1ccccc1. The van der Waals surface area contributed by atoms with Crippen LogP contribution in [0.4, 0.5) is 0 Å². The number of benzene rings is 2. The average Bonchev–Trinajstić information content (AvgIpc) is 3.10. The molecular formula is C21H29NOS. The van der Waals surface area contributed by atoms with Gasteiger partial charge in [-0.2, -0.15) is 0 Å². The predicted octanol–water partition coefficient (Wildman–Crippen LogP) is 5.39. The maximum Gasteiger partial charge on any atom is 0.0754 e. The summed E-state index contributed by atoms with van der Waals surface area (Å²) >= 11 is 0. The van der Waals surface area contributed by atoms with Crippen molar-refractivity contribution in [3.05, 3.63) is 60.7 Å². The van der Waals surface area contributed by atoms with Crippen molar-refractivity contribution >= 4 is 10.3 Å². The van der Waals surface area contributed by atoms with Crippen LogP contribution in [0.25, 0.3) is 0 Å². The molecule has 0 saturated carbocycles. The molecule has 24 heavy (non-hydrogen) atoms. The van der Waals surface area contributed by atoms with E-state index < -0.39 is 10.3 Å². The van der Waals surface area contributed by atoms with E-state index in [2.05, 4.69) is 86.8 Å². The monoisotopic (exact) mass is 343 g/mol. The van der Waals surface area contributed by atoms with Gasteiger partial charge < -0.3 is 9.50 Å². The minimum absolute atomic E-state index is 0.00824. The molecule has 0 spiro atoms. The van der Waals surface area contributed by atoms with Gasteiger partial charge in [0.2, 0.25) is 0 Å². The van der Waals surface area contributed by atoms with Gasteiger partial charge in [-0.1, -0.05) is 46.7 Å². The third kappa shape index (κ3) is 3.39.